The molecule has 0 saturated carbocycles. The molecule has 30 heavy (non-hydrogen) atoms. The van der Waals surface area contributed by atoms with Gasteiger partial charge in [0.25, 0.3) is 5.91 Å². The lowest BCUT2D eigenvalue weighted by Crippen LogP contribution is -2.22. The van der Waals surface area contributed by atoms with Gasteiger partial charge in [0, 0.05) is 17.0 Å². The quantitative estimate of drug-likeness (QED) is 0.482. The van der Waals surface area contributed by atoms with Crippen LogP contribution in [0, 0.1) is 20.8 Å². The van der Waals surface area contributed by atoms with Gasteiger partial charge in [-0.2, -0.15) is 9.78 Å². The van der Waals surface area contributed by atoms with Crippen LogP contribution in [0.2, 0.25) is 0 Å². The first-order valence-electron chi connectivity index (χ1n) is 9.57. The largest absolute Gasteiger partial charge is 0.483 e. The van der Waals surface area contributed by atoms with Crippen molar-refractivity contribution in [2.45, 2.75) is 20.8 Å². The third-order valence-electron chi connectivity index (χ3n) is 4.57. The molecule has 0 atom stereocenters. The summed E-state index contributed by atoms with van der Waals surface area (Å²) in [4.78, 5) is 17.2. The predicted molar refractivity (Wildman–Crippen MR) is 119 cm³/mol. The van der Waals surface area contributed by atoms with E-state index in [4.69, 9.17) is 9.72 Å². The number of benzene rings is 2. The first-order chi connectivity index (χ1) is 14.5. The fourth-order valence-electron chi connectivity index (χ4n) is 2.99. The molecule has 4 rings (SSSR count). The first kappa shape index (κ1) is 19.8. The number of amides is 1. The number of hydrogen-bond donors (Lipinski definition) is 1. The van der Waals surface area contributed by atoms with Gasteiger partial charge in [0.05, 0.1) is 11.4 Å². The molecule has 1 N–H and O–H groups in total. The van der Waals surface area contributed by atoms with Crippen molar-refractivity contribution in [3.05, 3.63) is 76.8 Å². The number of thiazole rings is 1. The summed E-state index contributed by atoms with van der Waals surface area (Å²) in [6.07, 6.45) is 0. The average Bonchev–Trinajstić information content (AvgIpc) is 3.34. The maximum atomic E-state index is 12.5. The second-order valence-electron chi connectivity index (χ2n) is 7.07. The van der Waals surface area contributed by atoms with Crippen molar-refractivity contribution in [2.24, 2.45) is 0 Å². The van der Waals surface area contributed by atoms with Gasteiger partial charge < -0.3 is 10.1 Å². The van der Waals surface area contributed by atoms with Crippen LogP contribution in [0.3, 0.4) is 0 Å². The van der Waals surface area contributed by atoms with Crippen LogP contribution in [0.1, 0.15) is 16.8 Å². The van der Waals surface area contributed by atoms with E-state index in [1.165, 1.54) is 16.9 Å². The van der Waals surface area contributed by atoms with Gasteiger partial charge in [-0.15, -0.1) is 11.3 Å². The standard InChI is InChI=1S/C23H22N4O2S/c1-15-8-10-18(11-9-15)19-14-30-23(24-19)27-21(12-17(3)26-27)25-22(28)13-29-20-7-5-4-6-16(20)2/h4-12,14H,13H2,1-3H3,(H,25,28). The van der Waals surface area contributed by atoms with Gasteiger partial charge in [-0.1, -0.05) is 48.0 Å². The molecule has 2 aromatic carbocycles. The molecular formula is C23H22N4O2S. The number of anilines is 1. The van der Waals surface area contributed by atoms with Crippen LogP contribution in [0.5, 0.6) is 5.75 Å². The van der Waals surface area contributed by atoms with Gasteiger partial charge in [-0.05, 0) is 32.4 Å². The average molecular weight is 419 g/mol. The third kappa shape index (κ3) is 4.41. The normalized spacial score (nSPS) is 10.8. The molecule has 2 aromatic heterocycles. The van der Waals surface area contributed by atoms with E-state index in [0.717, 1.165) is 22.5 Å². The smallest absolute Gasteiger partial charge is 0.263 e. The molecule has 0 bridgehead atoms. The van der Waals surface area contributed by atoms with Gasteiger partial charge in [0.1, 0.15) is 11.6 Å². The molecule has 0 fully saturated rings. The van der Waals surface area contributed by atoms with E-state index < -0.39 is 0 Å². The number of rotatable bonds is 6. The van der Waals surface area contributed by atoms with Crippen LogP contribution in [-0.4, -0.2) is 27.3 Å². The number of carbonyl (C=O) groups excluding carboxylic acids is 1. The molecular weight excluding hydrogens is 396 g/mol. The van der Waals surface area contributed by atoms with Gasteiger partial charge in [-0.3, -0.25) is 4.79 Å². The van der Waals surface area contributed by atoms with E-state index in [9.17, 15) is 4.79 Å². The molecule has 0 saturated heterocycles. The van der Waals surface area contributed by atoms with Crippen LogP contribution < -0.4 is 10.1 Å². The second-order valence-corrected chi connectivity index (χ2v) is 7.90. The fraction of sp³-hybridized carbons (Fsp3) is 0.174. The number of nitrogens with zero attached hydrogens (tertiary/aromatic N) is 3. The Morgan fingerprint density at radius 1 is 1.10 bits per heavy atom. The Morgan fingerprint density at radius 3 is 2.63 bits per heavy atom. The lowest BCUT2D eigenvalue weighted by molar-refractivity contribution is -0.118. The monoisotopic (exact) mass is 418 g/mol. The zero-order valence-electron chi connectivity index (χ0n) is 17.0. The highest BCUT2D eigenvalue weighted by Crippen LogP contribution is 2.26. The lowest BCUT2D eigenvalue weighted by Gasteiger charge is -2.09. The summed E-state index contributed by atoms with van der Waals surface area (Å²) in [5, 5.41) is 10.1. The number of ether oxygens (including phenoxy) is 1. The Balaban J connectivity index is 1.49. The molecule has 2 heterocycles. The first-order valence-corrected chi connectivity index (χ1v) is 10.5. The molecule has 4 aromatic rings. The van der Waals surface area contributed by atoms with Gasteiger partial charge in [0.15, 0.2) is 6.61 Å². The summed E-state index contributed by atoms with van der Waals surface area (Å²) in [5.74, 6) is 1.01. The summed E-state index contributed by atoms with van der Waals surface area (Å²) in [7, 11) is 0. The van der Waals surface area contributed by atoms with Crippen molar-refractivity contribution in [1.82, 2.24) is 14.8 Å². The number of carbonyl (C=O) groups is 1. The maximum Gasteiger partial charge on any atom is 0.263 e. The zero-order valence-corrected chi connectivity index (χ0v) is 17.9. The van der Waals surface area contributed by atoms with Gasteiger partial charge >= 0.3 is 0 Å². The minimum absolute atomic E-state index is 0.0818. The summed E-state index contributed by atoms with van der Waals surface area (Å²) in [6, 6.07) is 17.6. The molecule has 152 valence electrons. The topological polar surface area (TPSA) is 69.0 Å². The molecule has 0 aliphatic rings. The lowest BCUT2D eigenvalue weighted by atomic mass is 10.1. The maximum absolute atomic E-state index is 12.5. The van der Waals surface area contributed by atoms with Crippen LogP contribution in [0.25, 0.3) is 16.4 Å². The van der Waals surface area contributed by atoms with E-state index in [2.05, 4.69) is 29.5 Å². The van der Waals surface area contributed by atoms with Crippen LogP contribution in [0.15, 0.2) is 60.0 Å². The third-order valence-corrected chi connectivity index (χ3v) is 5.39. The molecule has 7 heteroatoms. The Bertz CT molecular complexity index is 1180. The van der Waals surface area contributed by atoms with E-state index in [1.807, 2.05) is 61.7 Å². The number of hydrogen-bond acceptors (Lipinski definition) is 5. The summed E-state index contributed by atoms with van der Waals surface area (Å²) < 4.78 is 7.30. The van der Waals surface area contributed by atoms with Crippen LogP contribution >= 0.6 is 11.3 Å². The van der Waals surface area contributed by atoms with Gasteiger partial charge in [0.2, 0.25) is 5.13 Å². The number of nitrogens with one attached hydrogen (secondary N) is 1. The van der Waals surface area contributed by atoms with E-state index in [0.29, 0.717) is 16.7 Å². The molecule has 6 nitrogen and oxygen atoms in total. The minimum Gasteiger partial charge on any atom is -0.483 e. The number of aryl methyl sites for hydroxylation is 3. The SMILES string of the molecule is Cc1ccc(-c2csc(-n3nc(C)cc3NC(=O)COc3ccccc3C)n2)cc1. The fourth-order valence-corrected chi connectivity index (χ4v) is 3.79. The molecule has 1 amide bonds. The van der Waals surface area contributed by atoms with Crippen molar-refractivity contribution in [3.63, 3.8) is 0 Å². The van der Waals surface area contributed by atoms with Gasteiger partial charge in [-0.25, -0.2) is 4.98 Å². The Labute approximate surface area is 179 Å². The van der Waals surface area contributed by atoms with Crippen molar-refractivity contribution in [1.29, 1.82) is 0 Å². The van der Waals surface area contributed by atoms with Crippen molar-refractivity contribution in [3.8, 4) is 22.1 Å². The summed E-state index contributed by atoms with van der Waals surface area (Å²) in [5.41, 5.74) is 4.90. The number of aromatic nitrogens is 3. The zero-order chi connectivity index (χ0) is 21.1. The van der Waals surface area contributed by atoms with Crippen LogP contribution in [0.4, 0.5) is 5.82 Å². The highest BCUT2D eigenvalue weighted by molar-refractivity contribution is 7.12. The Kier molecular flexibility index (Phi) is 5.63. The second kappa shape index (κ2) is 8.51. The van der Waals surface area contributed by atoms with E-state index in [-0.39, 0.29) is 12.5 Å². The van der Waals surface area contributed by atoms with Crippen molar-refractivity contribution in [2.75, 3.05) is 11.9 Å². The van der Waals surface area contributed by atoms with Crippen molar-refractivity contribution < 1.29 is 9.53 Å². The summed E-state index contributed by atoms with van der Waals surface area (Å²) >= 11 is 1.48. The highest BCUT2D eigenvalue weighted by Gasteiger charge is 2.15. The summed E-state index contributed by atoms with van der Waals surface area (Å²) in [6.45, 7) is 5.80. The number of para-hydroxylation sites is 1. The molecule has 0 aliphatic carbocycles. The molecule has 0 radical (unpaired) electrons. The predicted octanol–water partition coefficient (Wildman–Crippen LogP) is 4.94. The Morgan fingerprint density at radius 2 is 1.87 bits per heavy atom. The minimum atomic E-state index is -0.255. The van der Waals surface area contributed by atoms with E-state index in [1.54, 1.807) is 4.68 Å². The molecule has 0 aliphatic heterocycles. The highest BCUT2D eigenvalue weighted by atomic mass is 32.1. The Hall–Kier alpha value is -3.45. The van der Waals surface area contributed by atoms with E-state index >= 15 is 0 Å². The van der Waals surface area contributed by atoms with Crippen LogP contribution in [-0.2, 0) is 4.79 Å². The molecule has 0 unspecified atom stereocenters. The van der Waals surface area contributed by atoms with Crippen molar-refractivity contribution >= 4 is 23.1 Å². The molecule has 0 spiro atoms.